The number of ether oxygens (including phenoxy) is 2. The molecule has 3 rings (SSSR count). The lowest BCUT2D eigenvalue weighted by Gasteiger charge is -2.09. The fourth-order valence-corrected chi connectivity index (χ4v) is 3.07. The Balaban J connectivity index is 2.32. The number of nitrogens with one attached hydrogen (secondary N) is 1. The smallest absolute Gasteiger partial charge is 0.310 e. The number of esters is 1. The second-order valence-corrected chi connectivity index (χ2v) is 5.91. The topological polar surface area (TPSA) is 85.7 Å². The molecule has 136 valence electrons. The Hall–Kier alpha value is -3.09. The molecule has 0 aliphatic heterocycles. The monoisotopic (exact) mass is 355 g/mol. The maximum atomic E-state index is 12.9. The van der Waals surface area contributed by atoms with Crippen molar-refractivity contribution in [3.8, 4) is 16.9 Å². The van der Waals surface area contributed by atoms with Crippen molar-refractivity contribution in [1.82, 2.24) is 14.6 Å². The minimum Gasteiger partial charge on any atom is -0.496 e. The fraction of sp³-hybridized carbons (Fsp3) is 0.316. The number of benzene rings is 1. The van der Waals surface area contributed by atoms with Crippen molar-refractivity contribution in [2.24, 2.45) is 0 Å². The van der Waals surface area contributed by atoms with Crippen molar-refractivity contribution < 1.29 is 14.3 Å². The molecule has 2 heterocycles. The summed E-state index contributed by atoms with van der Waals surface area (Å²) in [5.41, 5.74) is 3.61. The third kappa shape index (κ3) is 2.85. The number of methoxy groups -OCH3 is 2. The maximum absolute atomic E-state index is 12.9. The lowest BCUT2D eigenvalue weighted by Crippen LogP contribution is -2.24. The summed E-state index contributed by atoms with van der Waals surface area (Å²) in [6.45, 7) is 3.72. The molecule has 1 aromatic carbocycles. The highest BCUT2D eigenvalue weighted by Gasteiger charge is 2.21. The Morgan fingerprint density at radius 2 is 2.00 bits per heavy atom. The Morgan fingerprint density at radius 1 is 1.27 bits per heavy atom. The van der Waals surface area contributed by atoms with Crippen LogP contribution in [0.15, 0.2) is 29.1 Å². The van der Waals surface area contributed by atoms with E-state index in [0.717, 1.165) is 16.8 Å². The number of hydrogen-bond acceptors (Lipinski definition) is 5. The predicted molar refractivity (Wildman–Crippen MR) is 97.6 cm³/mol. The van der Waals surface area contributed by atoms with Crippen molar-refractivity contribution in [3.05, 3.63) is 51.6 Å². The summed E-state index contributed by atoms with van der Waals surface area (Å²) in [6.07, 6.45) is 0.573. The molecule has 0 spiro atoms. The van der Waals surface area contributed by atoms with Crippen molar-refractivity contribution in [3.63, 3.8) is 0 Å². The van der Waals surface area contributed by atoms with Gasteiger partial charge < -0.3 is 9.47 Å². The van der Waals surface area contributed by atoms with E-state index in [1.54, 1.807) is 14.0 Å². The average Bonchev–Trinajstić information content (AvgIpc) is 3.03. The number of carbonyl (C=O) groups excluding carboxylic acids is 1. The van der Waals surface area contributed by atoms with Gasteiger partial charge in [0, 0.05) is 17.0 Å². The Bertz CT molecular complexity index is 1030. The van der Waals surface area contributed by atoms with Crippen molar-refractivity contribution in [1.29, 1.82) is 0 Å². The molecule has 0 fully saturated rings. The van der Waals surface area contributed by atoms with E-state index in [-0.39, 0.29) is 12.0 Å². The first-order chi connectivity index (χ1) is 12.5. The minimum atomic E-state index is -0.473. The lowest BCUT2D eigenvalue weighted by atomic mass is 10.0. The fourth-order valence-electron chi connectivity index (χ4n) is 3.07. The predicted octanol–water partition coefficient (Wildman–Crippen LogP) is 2.28. The van der Waals surface area contributed by atoms with Crippen LogP contribution in [-0.4, -0.2) is 34.8 Å². The molecule has 0 saturated heterocycles. The highest BCUT2D eigenvalue weighted by molar-refractivity contribution is 5.84. The molecule has 0 aliphatic rings. The normalized spacial score (nSPS) is 10.9. The number of H-pyrrole nitrogens is 1. The van der Waals surface area contributed by atoms with Gasteiger partial charge in [0.15, 0.2) is 5.65 Å². The summed E-state index contributed by atoms with van der Waals surface area (Å²) in [5, 5.41) is 3.12. The molecule has 3 aromatic rings. The molecule has 0 radical (unpaired) electrons. The lowest BCUT2D eigenvalue weighted by molar-refractivity contribution is -0.139. The number of aromatic amines is 1. The largest absolute Gasteiger partial charge is 0.496 e. The maximum Gasteiger partial charge on any atom is 0.310 e. The van der Waals surface area contributed by atoms with Gasteiger partial charge in [0.25, 0.3) is 5.56 Å². The van der Waals surface area contributed by atoms with Gasteiger partial charge in [-0.3, -0.25) is 14.7 Å². The van der Waals surface area contributed by atoms with Crippen LogP contribution >= 0.6 is 0 Å². The molecule has 26 heavy (non-hydrogen) atoms. The molecule has 2 aromatic heterocycles. The Labute approximate surface area is 150 Å². The number of hydrogen-bond donors (Lipinski definition) is 1. The molecule has 0 unspecified atom stereocenters. The zero-order valence-electron chi connectivity index (χ0n) is 15.3. The van der Waals surface area contributed by atoms with E-state index in [1.807, 2.05) is 31.2 Å². The van der Waals surface area contributed by atoms with E-state index in [2.05, 4.69) is 14.8 Å². The summed E-state index contributed by atoms with van der Waals surface area (Å²) in [4.78, 5) is 29.2. The second kappa shape index (κ2) is 7.03. The van der Waals surface area contributed by atoms with Crippen molar-refractivity contribution in [2.45, 2.75) is 26.7 Å². The van der Waals surface area contributed by atoms with Gasteiger partial charge in [0.2, 0.25) is 0 Å². The summed E-state index contributed by atoms with van der Waals surface area (Å²) < 4.78 is 11.6. The molecule has 0 aliphatic carbocycles. The molecule has 0 amide bonds. The summed E-state index contributed by atoms with van der Waals surface area (Å²) >= 11 is 0. The first-order valence-corrected chi connectivity index (χ1v) is 8.35. The molecule has 1 N–H and O–H groups in total. The van der Waals surface area contributed by atoms with Crippen LogP contribution in [0.25, 0.3) is 16.8 Å². The van der Waals surface area contributed by atoms with Crippen molar-refractivity contribution >= 4 is 11.6 Å². The molecular weight excluding hydrogens is 334 g/mol. The highest BCUT2D eigenvalue weighted by atomic mass is 16.5. The number of aryl methyl sites for hydroxylation is 2. The number of nitrogens with zero attached hydrogens (tertiary/aromatic N) is 2. The third-order valence-corrected chi connectivity index (χ3v) is 4.43. The number of para-hydroxylation sites is 1. The van der Waals surface area contributed by atoms with Gasteiger partial charge in [0.1, 0.15) is 5.75 Å². The number of carbonyl (C=O) groups is 1. The summed E-state index contributed by atoms with van der Waals surface area (Å²) in [7, 11) is 2.91. The Morgan fingerprint density at radius 3 is 2.65 bits per heavy atom. The van der Waals surface area contributed by atoms with E-state index >= 15 is 0 Å². The van der Waals surface area contributed by atoms with Crippen LogP contribution in [0.2, 0.25) is 0 Å². The van der Waals surface area contributed by atoms with Gasteiger partial charge >= 0.3 is 5.97 Å². The quantitative estimate of drug-likeness (QED) is 0.710. The second-order valence-electron chi connectivity index (χ2n) is 5.91. The van der Waals surface area contributed by atoms with Crippen LogP contribution < -0.4 is 10.3 Å². The molecule has 0 saturated carbocycles. The van der Waals surface area contributed by atoms with Crippen LogP contribution in [0.3, 0.4) is 0 Å². The van der Waals surface area contributed by atoms with Gasteiger partial charge in [-0.05, 0) is 19.4 Å². The molecule has 0 atom stereocenters. The van der Waals surface area contributed by atoms with Gasteiger partial charge in [-0.25, -0.2) is 9.50 Å². The third-order valence-electron chi connectivity index (χ3n) is 4.43. The number of rotatable bonds is 5. The Kier molecular flexibility index (Phi) is 4.79. The van der Waals surface area contributed by atoms with E-state index in [4.69, 9.17) is 4.74 Å². The van der Waals surface area contributed by atoms with E-state index in [9.17, 15) is 9.59 Å². The van der Waals surface area contributed by atoms with Gasteiger partial charge in [-0.15, -0.1) is 0 Å². The van der Waals surface area contributed by atoms with Crippen LogP contribution in [0.4, 0.5) is 0 Å². The van der Waals surface area contributed by atoms with Crippen LogP contribution in [0.1, 0.15) is 23.9 Å². The minimum absolute atomic E-state index is 0.110. The van der Waals surface area contributed by atoms with Gasteiger partial charge in [0.05, 0.1) is 31.8 Å². The van der Waals surface area contributed by atoms with Crippen LogP contribution in [-0.2, 0) is 22.4 Å². The first kappa shape index (κ1) is 17.7. The number of aromatic nitrogens is 3. The van der Waals surface area contributed by atoms with Gasteiger partial charge in [-0.2, -0.15) is 0 Å². The molecule has 0 bridgehead atoms. The van der Waals surface area contributed by atoms with Gasteiger partial charge in [-0.1, -0.05) is 25.1 Å². The SMILES string of the molecule is CCc1[nH]n2c(=O)c(CC(=O)OC)c(C)nc2c1-c1ccccc1OC. The number of fused-ring (bicyclic) bond motifs is 1. The van der Waals surface area contributed by atoms with E-state index in [0.29, 0.717) is 29.1 Å². The van der Waals surface area contributed by atoms with Crippen molar-refractivity contribution in [2.75, 3.05) is 14.2 Å². The standard InChI is InChI=1S/C19H21N3O4/c1-5-14-17(12-8-6-7-9-15(12)25-3)18-20-11(2)13(10-16(23)26-4)19(24)22(18)21-14/h6-9,21H,5,10H2,1-4H3. The van der Waals surface area contributed by atoms with E-state index in [1.165, 1.54) is 11.6 Å². The zero-order chi connectivity index (χ0) is 18.8. The van der Waals surface area contributed by atoms with Crippen LogP contribution in [0, 0.1) is 6.92 Å². The summed E-state index contributed by atoms with van der Waals surface area (Å²) in [6, 6.07) is 7.61. The molecule has 7 heteroatoms. The zero-order valence-corrected chi connectivity index (χ0v) is 15.3. The van der Waals surface area contributed by atoms with Crippen LogP contribution in [0.5, 0.6) is 5.75 Å². The molecule has 7 nitrogen and oxygen atoms in total. The molecular formula is C19H21N3O4. The summed E-state index contributed by atoms with van der Waals surface area (Å²) in [5.74, 6) is 0.230. The highest BCUT2D eigenvalue weighted by Crippen LogP contribution is 2.34. The first-order valence-electron chi connectivity index (χ1n) is 8.35. The average molecular weight is 355 g/mol. The van der Waals surface area contributed by atoms with E-state index < -0.39 is 5.97 Å².